The first-order valence-corrected chi connectivity index (χ1v) is 6.91. The van der Waals surface area contributed by atoms with Crippen molar-refractivity contribution in [1.29, 1.82) is 0 Å². The van der Waals surface area contributed by atoms with Gasteiger partial charge in [0.05, 0.1) is 17.8 Å². The average Bonchev–Trinajstić information content (AvgIpc) is 3.03. The van der Waals surface area contributed by atoms with Gasteiger partial charge in [-0.2, -0.15) is 11.3 Å². The van der Waals surface area contributed by atoms with Crippen LogP contribution in [0.4, 0.5) is 5.69 Å². The quantitative estimate of drug-likeness (QED) is 0.845. The third-order valence-electron chi connectivity index (χ3n) is 3.73. The molecular weight excluding hydrogens is 252 g/mol. The van der Waals surface area contributed by atoms with E-state index >= 15 is 0 Å². The van der Waals surface area contributed by atoms with E-state index in [-0.39, 0.29) is 23.9 Å². The highest BCUT2D eigenvalue weighted by Crippen LogP contribution is 2.36. The van der Waals surface area contributed by atoms with E-state index in [2.05, 4.69) is 0 Å². The highest BCUT2D eigenvalue weighted by Gasteiger charge is 2.48. The number of likely N-dealkylation sites (tertiary alicyclic amines) is 1. The molecule has 0 radical (unpaired) electrons. The van der Waals surface area contributed by atoms with Gasteiger partial charge in [0, 0.05) is 18.3 Å². The molecule has 3 heterocycles. The van der Waals surface area contributed by atoms with Gasteiger partial charge in [-0.25, -0.2) is 0 Å². The zero-order chi connectivity index (χ0) is 12.7. The Labute approximate surface area is 109 Å². The number of carbonyl (C=O) groups excluding carboxylic acids is 2. The molecule has 2 aliphatic heterocycles. The summed E-state index contributed by atoms with van der Waals surface area (Å²) in [5.74, 6) is -0.207. The minimum absolute atomic E-state index is 0.0684. The van der Waals surface area contributed by atoms with Crippen LogP contribution < -0.4 is 4.90 Å². The summed E-state index contributed by atoms with van der Waals surface area (Å²) < 4.78 is 0. The van der Waals surface area contributed by atoms with Crippen LogP contribution in [0.5, 0.6) is 0 Å². The Kier molecular flexibility index (Phi) is 2.83. The van der Waals surface area contributed by atoms with E-state index in [1.807, 2.05) is 21.7 Å². The van der Waals surface area contributed by atoms with Gasteiger partial charge < -0.3 is 14.9 Å². The first kappa shape index (κ1) is 11.7. The molecule has 96 valence electrons. The summed E-state index contributed by atoms with van der Waals surface area (Å²) in [5.41, 5.74) is 0.927. The van der Waals surface area contributed by atoms with Crippen LogP contribution in [0.3, 0.4) is 0 Å². The van der Waals surface area contributed by atoms with Crippen molar-refractivity contribution in [2.24, 2.45) is 0 Å². The standard InChI is InChI=1S/C12H14N2O3S/c15-6-12(17)13-3-1-9-10(13)5-11(16)14(9)8-2-4-18-7-8/h2,4,7,9-10,15H,1,3,5-6H2/t9-,10-/m1/s1. The zero-order valence-corrected chi connectivity index (χ0v) is 10.6. The average molecular weight is 266 g/mol. The molecule has 0 aromatic carbocycles. The van der Waals surface area contributed by atoms with Gasteiger partial charge in [-0.15, -0.1) is 0 Å². The van der Waals surface area contributed by atoms with Gasteiger partial charge in [0.25, 0.3) is 0 Å². The number of amides is 2. The van der Waals surface area contributed by atoms with E-state index in [9.17, 15) is 9.59 Å². The molecule has 0 saturated carbocycles. The summed E-state index contributed by atoms with van der Waals surface area (Å²) in [6, 6.07) is 1.93. The predicted octanol–water partition coefficient (Wildman–Crippen LogP) is 0.447. The number of carbonyl (C=O) groups is 2. The van der Waals surface area contributed by atoms with Gasteiger partial charge in [0.15, 0.2) is 0 Å². The third-order valence-corrected chi connectivity index (χ3v) is 4.41. The molecule has 6 heteroatoms. The molecule has 3 rings (SSSR count). The lowest BCUT2D eigenvalue weighted by Crippen LogP contribution is -2.41. The van der Waals surface area contributed by atoms with Gasteiger partial charge >= 0.3 is 0 Å². The molecule has 2 amide bonds. The number of hydrogen-bond donors (Lipinski definition) is 1. The van der Waals surface area contributed by atoms with E-state index in [0.717, 1.165) is 12.1 Å². The fourth-order valence-corrected chi connectivity index (χ4v) is 3.61. The van der Waals surface area contributed by atoms with E-state index in [1.54, 1.807) is 16.2 Å². The monoisotopic (exact) mass is 266 g/mol. The minimum Gasteiger partial charge on any atom is -0.387 e. The highest BCUT2D eigenvalue weighted by molar-refractivity contribution is 7.08. The second-order valence-corrected chi connectivity index (χ2v) is 5.40. The van der Waals surface area contributed by atoms with Crippen molar-refractivity contribution in [3.8, 4) is 0 Å². The van der Waals surface area contributed by atoms with Crippen LogP contribution in [-0.2, 0) is 9.59 Å². The maximum Gasteiger partial charge on any atom is 0.248 e. The van der Waals surface area contributed by atoms with Crippen LogP contribution in [0.25, 0.3) is 0 Å². The number of anilines is 1. The maximum atomic E-state index is 12.1. The maximum absolute atomic E-state index is 12.1. The molecule has 2 fully saturated rings. The van der Waals surface area contributed by atoms with Gasteiger partial charge in [0.2, 0.25) is 11.8 Å². The SMILES string of the molecule is O=C(CO)N1CC[C@@H]2[C@H]1CC(=O)N2c1ccsc1. The van der Waals surface area contributed by atoms with E-state index in [1.165, 1.54) is 0 Å². The summed E-state index contributed by atoms with van der Waals surface area (Å²) in [5, 5.41) is 12.8. The molecule has 0 unspecified atom stereocenters. The lowest BCUT2D eigenvalue weighted by atomic mass is 10.1. The molecule has 0 bridgehead atoms. The topological polar surface area (TPSA) is 60.9 Å². The number of rotatable bonds is 2. The van der Waals surface area contributed by atoms with Crippen LogP contribution in [0.1, 0.15) is 12.8 Å². The molecule has 1 aromatic rings. The van der Waals surface area contributed by atoms with E-state index in [0.29, 0.717) is 13.0 Å². The normalized spacial score (nSPS) is 26.8. The van der Waals surface area contributed by atoms with Crippen LogP contribution >= 0.6 is 11.3 Å². The highest BCUT2D eigenvalue weighted by atomic mass is 32.1. The van der Waals surface area contributed by atoms with Crippen LogP contribution in [0.2, 0.25) is 0 Å². The van der Waals surface area contributed by atoms with Crippen molar-refractivity contribution in [3.05, 3.63) is 16.8 Å². The van der Waals surface area contributed by atoms with Crippen molar-refractivity contribution in [3.63, 3.8) is 0 Å². The van der Waals surface area contributed by atoms with Crippen LogP contribution in [0, 0.1) is 0 Å². The van der Waals surface area contributed by atoms with Crippen molar-refractivity contribution < 1.29 is 14.7 Å². The van der Waals surface area contributed by atoms with Crippen molar-refractivity contribution in [2.45, 2.75) is 24.9 Å². The molecule has 1 N–H and O–H groups in total. The Morgan fingerprint density at radius 2 is 2.33 bits per heavy atom. The first-order valence-electron chi connectivity index (χ1n) is 5.97. The van der Waals surface area contributed by atoms with Gasteiger partial charge in [-0.1, -0.05) is 0 Å². The summed E-state index contributed by atoms with van der Waals surface area (Å²) in [7, 11) is 0. The lowest BCUT2D eigenvalue weighted by molar-refractivity contribution is -0.135. The smallest absolute Gasteiger partial charge is 0.248 e. The van der Waals surface area contributed by atoms with Crippen molar-refractivity contribution >= 4 is 28.8 Å². The summed E-state index contributed by atoms with van der Waals surface area (Å²) in [4.78, 5) is 27.1. The van der Waals surface area contributed by atoms with Gasteiger partial charge in [0.1, 0.15) is 6.61 Å². The van der Waals surface area contributed by atoms with Gasteiger partial charge in [-0.3, -0.25) is 9.59 Å². The molecule has 2 saturated heterocycles. The Balaban J connectivity index is 1.86. The Morgan fingerprint density at radius 1 is 1.50 bits per heavy atom. The minimum atomic E-state index is -0.476. The van der Waals surface area contributed by atoms with Crippen molar-refractivity contribution in [2.75, 3.05) is 18.1 Å². The fourth-order valence-electron chi connectivity index (χ4n) is 2.98. The molecule has 0 aliphatic carbocycles. The number of hydrogen-bond acceptors (Lipinski definition) is 4. The molecule has 1 aromatic heterocycles. The number of fused-ring (bicyclic) bond motifs is 1. The van der Waals surface area contributed by atoms with Crippen LogP contribution in [0.15, 0.2) is 16.8 Å². The molecule has 0 spiro atoms. The Bertz CT molecular complexity index is 474. The number of thiophene rings is 1. The fraction of sp³-hybridized carbons (Fsp3) is 0.500. The third kappa shape index (κ3) is 1.64. The van der Waals surface area contributed by atoms with Crippen LogP contribution in [-0.4, -0.2) is 47.1 Å². The predicted molar refractivity (Wildman–Crippen MR) is 67.4 cm³/mol. The summed E-state index contributed by atoms with van der Waals surface area (Å²) in [6.07, 6.45) is 1.16. The van der Waals surface area contributed by atoms with Gasteiger partial charge in [-0.05, 0) is 17.9 Å². The molecule has 2 atom stereocenters. The Morgan fingerprint density at radius 3 is 3.00 bits per heavy atom. The Hall–Kier alpha value is -1.40. The summed E-state index contributed by atoms with van der Waals surface area (Å²) >= 11 is 1.56. The second-order valence-electron chi connectivity index (χ2n) is 4.62. The number of nitrogens with zero attached hydrogens (tertiary/aromatic N) is 2. The molecule has 2 aliphatic rings. The van der Waals surface area contributed by atoms with E-state index in [4.69, 9.17) is 5.11 Å². The van der Waals surface area contributed by atoms with Crippen molar-refractivity contribution in [1.82, 2.24) is 4.90 Å². The number of aliphatic hydroxyl groups is 1. The first-order chi connectivity index (χ1) is 8.72. The molecule has 5 nitrogen and oxygen atoms in total. The molecular formula is C12H14N2O3S. The van der Waals surface area contributed by atoms with E-state index < -0.39 is 6.61 Å². The number of aliphatic hydroxyl groups excluding tert-OH is 1. The zero-order valence-electron chi connectivity index (χ0n) is 9.78. The summed E-state index contributed by atoms with van der Waals surface area (Å²) in [6.45, 7) is 0.151. The lowest BCUT2D eigenvalue weighted by Gasteiger charge is -2.24. The second kappa shape index (κ2) is 4.37. The largest absolute Gasteiger partial charge is 0.387 e. The molecule has 18 heavy (non-hydrogen) atoms.